The summed E-state index contributed by atoms with van der Waals surface area (Å²) >= 11 is 0. The SMILES string of the molecule is CCN(OC(=O)NC)C(=O)N(CC=O)C(=O)C=Cc1ccccc1. The Morgan fingerprint density at radius 2 is 1.88 bits per heavy atom. The van der Waals surface area contributed by atoms with Crippen molar-refractivity contribution >= 4 is 30.4 Å². The third kappa shape index (κ3) is 5.56. The highest BCUT2D eigenvalue weighted by Gasteiger charge is 2.26. The number of hydrogen-bond acceptors (Lipinski definition) is 5. The van der Waals surface area contributed by atoms with Crippen LogP contribution in [0.1, 0.15) is 12.5 Å². The summed E-state index contributed by atoms with van der Waals surface area (Å²) in [4.78, 5) is 51.9. The number of imide groups is 1. The van der Waals surface area contributed by atoms with Gasteiger partial charge in [0.1, 0.15) is 6.29 Å². The Morgan fingerprint density at radius 1 is 1.21 bits per heavy atom. The Bertz CT molecular complexity index is 615. The van der Waals surface area contributed by atoms with Crippen molar-refractivity contribution in [2.75, 3.05) is 20.1 Å². The molecule has 128 valence electrons. The number of urea groups is 1. The Balaban J connectivity index is 2.88. The number of nitrogens with zero attached hydrogens (tertiary/aromatic N) is 2. The highest BCUT2D eigenvalue weighted by atomic mass is 16.7. The van der Waals surface area contributed by atoms with Crippen LogP contribution in [0.5, 0.6) is 0 Å². The maximum atomic E-state index is 12.3. The molecule has 0 saturated heterocycles. The van der Waals surface area contributed by atoms with Crippen LogP contribution >= 0.6 is 0 Å². The van der Waals surface area contributed by atoms with E-state index in [9.17, 15) is 19.2 Å². The zero-order valence-corrected chi connectivity index (χ0v) is 13.5. The molecule has 0 aliphatic heterocycles. The van der Waals surface area contributed by atoms with Crippen LogP contribution in [0, 0.1) is 0 Å². The number of hydrogen-bond donors (Lipinski definition) is 1. The second kappa shape index (κ2) is 9.78. The zero-order chi connectivity index (χ0) is 17.9. The molecule has 8 heteroatoms. The number of amides is 4. The summed E-state index contributed by atoms with van der Waals surface area (Å²) in [6, 6.07) is 8.08. The maximum Gasteiger partial charge on any atom is 0.431 e. The van der Waals surface area contributed by atoms with Gasteiger partial charge in [0.15, 0.2) is 0 Å². The number of aldehydes is 1. The average molecular weight is 333 g/mol. The van der Waals surface area contributed by atoms with Gasteiger partial charge < -0.3 is 14.9 Å². The number of hydroxylamine groups is 2. The van der Waals surface area contributed by atoms with Gasteiger partial charge in [-0.3, -0.25) is 9.69 Å². The standard InChI is InChI=1S/C16H19N3O5/c1-3-19(24-15(22)17-2)16(23)18(11-12-20)14(21)10-9-13-7-5-4-6-8-13/h4-10,12H,3,11H2,1-2H3,(H,17,22). The molecule has 0 radical (unpaired) electrons. The van der Waals surface area contributed by atoms with Crippen molar-refractivity contribution in [2.24, 2.45) is 0 Å². The first kappa shape index (κ1) is 18.9. The molecule has 0 heterocycles. The molecule has 1 N–H and O–H groups in total. The number of benzene rings is 1. The summed E-state index contributed by atoms with van der Waals surface area (Å²) in [7, 11) is 1.33. The van der Waals surface area contributed by atoms with Crippen LogP contribution in [0.3, 0.4) is 0 Å². The van der Waals surface area contributed by atoms with E-state index in [0.717, 1.165) is 5.56 Å². The fourth-order valence-corrected chi connectivity index (χ4v) is 1.68. The fraction of sp³-hybridized carbons (Fsp3) is 0.250. The molecular formula is C16H19N3O5. The molecular weight excluding hydrogens is 314 g/mol. The maximum absolute atomic E-state index is 12.3. The van der Waals surface area contributed by atoms with E-state index in [4.69, 9.17) is 4.84 Å². The van der Waals surface area contributed by atoms with Crippen molar-refractivity contribution in [1.82, 2.24) is 15.3 Å². The summed E-state index contributed by atoms with van der Waals surface area (Å²) in [5.41, 5.74) is 0.762. The van der Waals surface area contributed by atoms with Crippen LogP contribution in [0.2, 0.25) is 0 Å². The van der Waals surface area contributed by atoms with Gasteiger partial charge in [-0.25, -0.2) is 9.59 Å². The van der Waals surface area contributed by atoms with Crippen molar-refractivity contribution in [3.05, 3.63) is 42.0 Å². The lowest BCUT2D eigenvalue weighted by atomic mass is 10.2. The van der Waals surface area contributed by atoms with Crippen LogP contribution in [-0.4, -0.2) is 54.4 Å². The van der Waals surface area contributed by atoms with Crippen molar-refractivity contribution in [3.8, 4) is 0 Å². The number of carbonyl (C=O) groups is 4. The molecule has 1 aromatic carbocycles. The minimum atomic E-state index is -0.907. The molecule has 4 amide bonds. The lowest BCUT2D eigenvalue weighted by molar-refractivity contribution is -0.129. The van der Waals surface area contributed by atoms with Gasteiger partial charge in [0, 0.05) is 13.1 Å². The van der Waals surface area contributed by atoms with Gasteiger partial charge in [-0.1, -0.05) is 30.3 Å². The van der Waals surface area contributed by atoms with E-state index in [1.807, 2.05) is 6.07 Å². The molecule has 0 unspecified atom stereocenters. The second-order valence-corrected chi connectivity index (χ2v) is 4.47. The summed E-state index contributed by atoms with van der Waals surface area (Å²) in [6.07, 6.45) is 2.25. The molecule has 0 spiro atoms. The molecule has 1 aromatic rings. The molecule has 0 aliphatic rings. The van der Waals surface area contributed by atoms with Gasteiger partial charge >= 0.3 is 12.1 Å². The fourth-order valence-electron chi connectivity index (χ4n) is 1.68. The highest BCUT2D eigenvalue weighted by molar-refractivity contribution is 6.03. The predicted molar refractivity (Wildman–Crippen MR) is 86.6 cm³/mol. The van der Waals surface area contributed by atoms with Gasteiger partial charge in [0.25, 0.3) is 5.91 Å². The Labute approximate surface area is 139 Å². The number of carbonyl (C=O) groups excluding carboxylic acids is 4. The van der Waals surface area contributed by atoms with Crippen LogP contribution in [0.4, 0.5) is 9.59 Å². The van der Waals surface area contributed by atoms with Crippen LogP contribution in [-0.2, 0) is 14.4 Å². The normalized spacial score (nSPS) is 10.1. The third-order valence-electron chi connectivity index (χ3n) is 2.87. The summed E-state index contributed by atoms with van der Waals surface area (Å²) in [6.45, 7) is 1.12. The third-order valence-corrected chi connectivity index (χ3v) is 2.87. The molecule has 1 rings (SSSR count). The lowest BCUT2D eigenvalue weighted by Crippen LogP contribution is -2.48. The molecule has 0 bridgehead atoms. The van der Waals surface area contributed by atoms with Gasteiger partial charge in [-0.2, -0.15) is 5.06 Å². The van der Waals surface area contributed by atoms with E-state index in [1.54, 1.807) is 31.2 Å². The molecule has 8 nitrogen and oxygen atoms in total. The van der Waals surface area contributed by atoms with E-state index >= 15 is 0 Å². The van der Waals surface area contributed by atoms with E-state index in [1.165, 1.54) is 19.2 Å². The number of rotatable bonds is 5. The van der Waals surface area contributed by atoms with Gasteiger partial charge in [0.2, 0.25) is 0 Å². The minimum absolute atomic E-state index is 0.0112. The Kier molecular flexibility index (Phi) is 7.69. The van der Waals surface area contributed by atoms with E-state index < -0.39 is 24.6 Å². The van der Waals surface area contributed by atoms with Crippen molar-refractivity contribution in [1.29, 1.82) is 0 Å². The largest absolute Gasteiger partial charge is 0.431 e. The summed E-state index contributed by atoms with van der Waals surface area (Å²) in [5, 5.41) is 2.88. The predicted octanol–water partition coefficient (Wildman–Crippen LogP) is 1.44. The minimum Gasteiger partial charge on any atom is -0.323 e. The first-order valence-corrected chi connectivity index (χ1v) is 7.22. The quantitative estimate of drug-likeness (QED) is 0.500. The van der Waals surface area contributed by atoms with Crippen LogP contribution in [0.15, 0.2) is 36.4 Å². The van der Waals surface area contributed by atoms with Crippen LogP contribution < -0.4 is 5.32 Å². The molecule has 0 fully saturated rings. The number of nitrogens with one attached hydrogen (secondary N) is 1. The first-order valence-electron chi connectivity index (χ1n) is 7.22. The monoisotopic (exact) mass is 333 g/mol. The summed E-state index contributed by atoms with van der Waals surface area (Å²) in [5.74, 6) is -0.699. The average Bonchev–Trinajstić information content (AvgIpc) is 2.62. The highest BCUT2D eigenvalue weighted by Crippen LogP contribution is 2.05. The van der Waals surface area contributed by atoms with Gasteiger partial charge in [-0.15, -0.1) is 0 Å². The molecule has 0 aliphatic carbocycles. The molecule has 0 aromatic heterocycles. The van der Waals surface area contributed by atoms with Gasteiger partial charge in [-0.05, 0) is 18.6 Å². The van der Waals surface area contributed by atoms with Crippen molar-refractivity contribution in [3.63, 3.8) is 0 Å². The summed E-state index contributed by atoms with van der Waals surface area (Å²) < 4.78 is 0. The van der Waals surface area contributed by atoms with Crippen LogP contribution in [0.25, 0.3) is 6.08 Å². The van der Waals surface area contributed by atoms with Crippen molar-refractivity contribution < 1.29 is 24.0 Å². The van der Waals surface area contributed by atoms with Gasteiger partial charge in [0.05, 0.1) is 13.1 Å². The van der Waals surface area contributed by atoms with E-state index in [0.29, 0.717) is 16.2 Å². The Morgan fingerprint density at radius 3 is 2.42 bits per heavy atom. The molecule has 24 heavy (non-hydrogen) atoms. The molecule has 0 atom stereocenters. The van der Waals surface area contributed by atoms with E-state index in [-0.39, 0.29) is 6.54 Å². The van der Waals surface area contributed by atoms with E-state index in [2.05, 4.69) is 5.32 Å². The topological polar surface area (TPSA) is 96.0 Å². The van der Waals surface area contributed by atoms with Crippen molar-refractivity contribution in [2.45, 2.75) is 6.92 Å². The Hall–Kier alpha value is -3.16. The smallest absolute Gasteiger partial charge is 0.323 e. The zero-order valence-electron chi connectivity index (χ0n) is 13.5. The lowest BCUT2D eigenvalue weighted by Gasteiger charge is -2.25. The first-order chi connectivity index (χ1) is 11.5. The molecule has 0 saturated carbocycles. The second-order valence-electron chi connectivity index (χ2n) is 4.47.